The summed E-state index contributed by atoms with van der Waals surface area (Å²) in [6, 6.07) is 2.94. The van der Waals surface area contributed by atoms with Crippen molar-refractivity contribution >= 4 is 17.4 Å². The summed E-state index contributed by atoms with van der Waals surface area (Å²) in [6.07, 6.45) is 1.62. The van der Waals surface area contributed by atoms with E-state index in [1.807, 2.05) is 25.7 Å². The third-order valence-electron chi connectivity index (χ3n) is 3.25. The van der Waals surface area contributed by atoms with E-state index in [1.54, 1.807) is 6.07 Å². The molecule has 1 aliphatic rings. The second-order valence-corrected chi connectivity index (χ2v) is 5.88. The maximum atomic E-state index is 11.9. The molecule has 7 nitrogen and oxygen atoms in total. The van der Waals surface area contributed by atoms with Gasteiger partial charge < -0.3 is 10.2 Å². The van der Waals surface area contributed by atoms with Gasteiger partial charge in [0.1, 0.15) is 12.0 Å². The molecule has 0 aliphatic carbocycles. The van der Waals surface area contributed by atoms with E-state index >= 15 is 0 Å². The molecule has 0 aromatic carbocycles. The molecule has 1 fully saturated rings. The van der Waals surface area contributed by atoms with E-state index in [0.717, 1.165) is 0 Å². The van der Waals surface area contributed by atoms with Gasteiger partial charge in [-0.05, 0) is 26.8 Å². The van der Waals surface area contributed by atoms with Crippen molar-refractivity contribution in [2.75, 3.05) is 11.9 Å². The Morgan fingerprint density at radius 2 is 2.15 bits per heavy atom. The fourth-order valence-corrected chi connectivity index (χ4v) is 2.24. The first kappa shape index (κ1) is 14.2. The molecular weight excluding hydrogens is 260 g/mol. The van der Waals surface area contributed by atoms with Crippen molar-refractivity contribution in [3.63, 3.8) is 0 Å². The Morgan fingerprint density at radius 1 is 1.45 bits per heavy atom. The molecule has 1 aliphatic heterocycles. The summed E-state index contributed by atoms with van der Waals surface area (Å²) in [4.78, 5) is 27.8. The number of carbonyl (C=O) groups excluding carboxylic acids is 1. The topological polar surface area (TPSA) is 88.4 Å². The van der Waals surface area contributed by atoms with Gasteiger partial charge in [-0.1, -0.05) is 0 Å². The number of pyridine rings is 1. The molecular formula is C13H18N4O3. The lowest BCUT2D eigenvalue weighted by molar-refractivity contribution is -0.385. The Balaban J connectivity index is 2.01. The molecule has 1 aromatic heterocycles. The van der Waals surface area contributed by atoms with Gasteiger partial charge in [0.25, 0.3) is 5.69 Å². The van der Waals surface area contributed by atoms with E-state index in [9.17, 15) is 14.9 Å². The number of anilines is 1. The molecule has 108 valence electrons. The SMILES string of the molecule is CC(C)(C)N1CC(Nc2ccc([N+](=O)[O-])cn2)CC1=O. The molecule has 1 amide bonds. The lowest BCUT2D eigenvalue weighted by Crippen LogP contribution is -2.43. The van der Waals surface area contributed by atoms with Crippen LogP contribution in [0.5, 0.6) is 0 Å². The Bertz CT molecular complexity index is 521. The van der Waals surface area contributed by atoms with Crippen LogP contribution in [-0.4, -0.2) is 38.8 Å². The Kier molecular flexibility index (Phi) is 3.61. The van der Waals surface area contributed by atoms with Crippen LogP contribution < -0.4 is 5.32 Å². The van der Waals surface area contributed by atoms with Crippen LogP contribution in [0.15, 0.2) is 18.3 Å². The van der Waals surface area contributed by atoms with Crippen LogP contribution in [0.2, 0.25) is 0 Å². The molecule has 1 aromatic rings. The Hall–Kier alpha value is -2.18. The molecule has 20 heavy (non-hydrogen) atoms. The maximum Gasteiger partial charge on any atom is 0.287 e. The normalized spacial score (nSPS) is 19.2. The van der Waals surface area contributed by atoms with Gasteiger partial charge in [0.2, 0.25) is 5.91 Å². The average Bonchev–Trinajstić information content (AvgIpc) is 2.70. The number of carbonyl (C=O) groups is 1. The van der Waals surface area contributed by atoms with Gasteiger partial charge in [-0.2, -0.15) is 0 Å². The molecule has 1 atom stereocenters. The van der Waals surface area contributed by atoms with Crippen molar-refractivity contribution in [2.24, 2.45) is 0 Å². The molecule has 1 unspecified atom stereocenters. The number of nitrogens with one attached hydrogen (secondary N) is 1. The van der Waals surface area contributed by atoms with E-state index in [2.05, 4.69) is 10.3 Å². The fourth-order valence-electron chi connectivity index (χ4n) is 2.24. The first-order valence-electron chi connectivity index (χ1n) is 6.45. The molecule has 0 bridgehead atoms. The summed E-state index contributed by atoms with van der Waals surface area (Å²) in [6.45, 7) is 6.60. The Morgan fingerprint density at radius 3 is 2.60 bits per heavy atom. The highest BCUT2D eigenvalue weighted by atomic mass is 16.6. The number of hydrogen-bond donors (Lipinski definition) is 1. The van der Waals surface area contributed by atoms with Gasteiger partial charge in [-0.3, -0.25) is 14.9 Å². The van der Waals surface area contributed by atoms with Crippen molar-refractivity contribution in [3.8, 4) is 0 Å². The highest BCUT2D eigenvalue weighted by molar-refractivity contribution is 5.80. The molecule has 0 radical (unpaired) electrons. The third-order valence-corrected chi connectivity index (χ3v) is 3.25. The van der Waals surface area contributed by atoms with Gasteiger partial charge in [0.15, 0.2) is 0 Å². The zero-order chi connectivity index (χ0) is 14.9. The quantitative estimate of drug-likeness (QED) is 0.672. The average molecular weight is 278 g/mol. The predicted molar refractivity (Wildman–Crippen MR) is 74.4 cm³/mol. The van der Waals surface area contributed by atoms with Crippen LogP contribution >= 0.6 is 0 Å². The molecule has 2 rings (SSSR count). The maximum absolute atomic E-state index is 11.9. The lowest BCUT2D eigenvalue weighted by atomic mass is 10.1. The standard InChI is InChI=1S/C13H18N4O3/c1-13(2,3)16-8-9(6-12(16)18)15-11-5-4-10(7-14-11)17(19)20/h4-5,7,9H,6,8H2,1-3H3,(H,14,15). The van der Waals surface area contributed by atoms with Crippen LogP contribution in [-0.2, 0) is 4.79 Å². The highest BCUT2D eigenvalue weighted by Crippen LogP contribution is 2.24. The minimum absolute atomic E-state index is 0.0179. The number of hydrogen-bond acceptors (Lipinski definition) is 5. The predicted octanol–water partition coefficient (Wildman–Crippen LogP) is 1.80. The summed E-state index contributed by atoms with van der Waals surface area (Å²) in [5.74, 6) is 0.654. The van der Waals surface area contributed by atoms with Crippen molar-refractivity contribution in [1.82, 2.24) is 9.88 Å². The summed E-state index contributed by atoms with van der Waals surface area (Å²) >= 11 is 0. The fraction of sp³-hybridized carbons (Fsp3) is 0.538. The minimum atomic E-state index is -0.489. The number of nitrogens with zero attached hydrogens (tertiary/aromatic N) is 3. The molecule has 0 spiro atoms. The second kappa shape index (κ2) is 5.07. The van der Waals surface area contributed by atoms with E-state index in [-0.39, 0.29) is 23.2 Å². The van der Waals surface area contributed by atoms with Gasteiger partial charge in [0.05, 0.1) is 11.0 Å². The second-order valence-electron chi connectivity index (χ2n) is 5.88. The third kappa shape index (κ3) is 3.04. The molecule has 2 heterocycles. The Labute approximate surface area is 117 Å². The summed E-state index contributed by atoms with van der Waals surface area (Å²) in [5.41, 5.74) is -0.245. The molecule has 1 N–H and O–H groups in total. The zero-order valence-electron chi connectivity index (χ0n) is 11.8. The molecule has 0 saturated carbocycles. The van der Waals surface area contributed by atoms with Gasteiger partial charge in [-0.25, -0.2) is 4.98 Å². The monoisotopic (exact) mass is 278 g/mol. The van der Waals surface area contributed by atoms with Crippen LogP contribution in [0, 0.1) is 10.1 Å². The molecule has 7 heteroatoms. The number of rotatable bonds is 3. The van der Waals surface area contributed by atoms with E-state index in [4.69, 9.17) is 0 Å². The number of likely N-dealkylation sites (tertiary alicyclic amines) is 1. The number of nitro groups is 1. The minimum Gasteiger partial charge on any atom is -0.365 e. The summed E-state index contributed by atoms with van der Waals surface area (Å²) in [5, 5.41) is 13.7. The number of aromatic nitrogens is 1. The van der Waals surface area contributed by atoms with E-state index in [1.165, 1.54) is 12.3 Å². The van der Waals surface area contributed by atoms with E-state index < -0.39 is 4.92 Å². The van der Waals surface area contributed by atoms with Crippen molar-refractivity contribution < 1.29 is 9.72 Å². The van der Waals surface area contributed by atoms with Crippen LogP contribution in [0.1, 0.15) is 27.2 Å². The van der Waals surface area contributed by atoms with Gasteiger partial charge in [0, 0.05) is 24.6 Å². The highest BCUT2D eigenvalue weighted by Gasteiger charge is 2.36. The zero-order valence-corrected chi connectivity index (χ0v) is 11.8. The summed E-state index contributed by atoms with van der Waals surface area (Å²) < 4.78 is 0. The summed E-state index contributed by atoms with van der Waals surface area (Å²) in [7, 11) is 0. The van der Waals surface area contributed by atoms with Crippen LogP contribution in [0.25, 0.3) is 0 Å². The lowest BCUT2D eigenvalue weighted by Gasteiger charge is -2.32. The van der Waals surface area contributed by atoms with Gasteiger partial charge >= 0.3 is 0 Å². The van der Waals surface area contributed by atoms with Crippen molar-refractivity contribution in [1.29, 1.82) is 0 Å². The van der Waals surface area contributed by atoms with E-state index in [0.29, 0.717) is 18.8 Å². The van der Waals surface area contributed by atoms with Crippen LogP contribution in [0.3, 0.4) is 0 Å². The first-order valence-corrected chi connectivity index (χ1v) is 6.45. The molecule has 1 saturated heterocycles. The van der Waals surface area contributed by atoms with Crippen molar-refractivity contribution in [3.05, 3.63) is 28.4 Å². The van der Waals surface area contributed by atoms with Crippen LogP contribution in [0.4, 0.5) is 11.5 Å². The van der Waals surface area contributed by atoms with Gasteiger partial charge in [-0.15, -0.1) is 0 Å². The van der Waals surface area contributed by atoms with Crippen molar-refractivity contribution in [2.45, 2.75) is 38.8 Å². The largest absolute Gasteiger partial charge is 0.365 e. The smallest absolute Gasteiger partial charge is 0.287 e. The number of amides is 1. The first-order chi connectivity index (χ1) is 9.27.